The molecule has 2 aromatic heterocycles. The molecule has 0 spiro atoms. The predicted molar refractivity (Wildman–Crippen MR) is 74.1 cm³/mol. The van der Waals surface area contributed by atoms with Gasteiger partial charge < -0.3 is 5.32 Å². The number of fused-ring (bicyclic) bond motifs is 1. The molecule has 0 unspecified atom stereocenters. The molecule has 0 aliphatic heterocycles. The Morgan fingerprint density at radius 3 is 2.83 bits per heavy atom. The number of nitrogens with zero attached hydrogens (tertiary/aromatic N) is 3. The van der Waals surface area contributed by atoms with Gasteiger partial charge in [0.1, 0.15) is 10.4 Å². The molecule has 0 fully saturated rings. The van der Waals surface area contributed by atoms with Crippen molar-refractivity contribution in [3.05, 3.63) is 40.2 Å². The number of benzene rings is 1. The van der Waals surface area contributed by atoms with Crippen LogP contribution in [0.2, 0.25) is 5.28 Å². The minimum atomic E-state index is 0.200. The molecule has 90 valence electrons. The van der Waals surface area contributed by atoms with Gasteiger partial charge in [-0.2, -0.15) is 10.1 Å². The van der Waals surface area contributed by atoms with E-state index >= 15 is 0 Å². The Morgan fingerprint density at radius 2 is 2.06 bits per heavy atom. The Morgan fingerprint density at radius 1 is 1.22 bits per heavy atom. The third-order valence-electron chi connectivity index (χ3n) is 2.37. The van der Waals surface area contributed by atoms with Gasteiger partial charge in [0, 0.05) is 11.5 Å². The molecule has 0 radical (unpaired) electrons. The number of anilines is 2. The highest BCUT2D eigenvalue weighted by Gasteiger charge is 2.07. The number of aromatic nitrogens is 4. The fourth-order valence-electron chi connectivity index (χ4n) is 1.63. The molecule has 2 N–H and O–H groups in total. The molecule has 18 heavy (non-hydrogen) atoms. The Balaban J connectivity index is 2.10. The molecule has 2 heterocycles. The lowest BCUT2D eigenvalue weighted by atomic mass is 10.2. The Kier molecular flexibility index (Phi) is 2.89. The van der Waals surface area contributed by atoms with E-state index in [1.165, 1.54) is 0 Å². The Bertz CT molecular complexity index is 711. The predicted octanol–water partition coefficient (Wildman–Crippen LogP) is 3.51. The number of hydrogen-bond acceptors (Lipinski definition) is 4. The zero-order valence-corrected chi connectivity index (χ0v) is 11.3. The first kappa shape index (κ1) is 11.4. The quantitative estimate of drug-likeness (QED) is 0.708. The number of rotatable bonds is 2. The topological polar surface area (TPSA) is 66.5 Å². The van der Waals surface area contributed by atoms with Gasteiger partial charge in [-0.05, 0) is 39.7 Å². The van der Waals surface area contributed by atoms with Gasteiger partial charge in [-0.15, -0.1) is 0 Å². The van der Waals surface area contributed by atoms with E-state index in [1.54, 1.807) is 0 Å². The van der Waals surface area contributed by atoms with Crippen LogP contribution in [0.1, 0.15) is 0 Å². The summed E-state index contributed by atoms with van der Waals surface area (Å²) < 4.78 is 0.787. The van der Waals surface area contributed by atoms with Gasteiger partial charge >= 0.3 is 0 Å². The molecule has 0 bridgehead atoms. The normalized spacial score (nSPS) is 10.8. The summed E-state index contributed by atoms with van der Waals surface area (Å²) in [6.07, 6.45) is 0. The molecule has 5 nitrogen and oxygen atoms in total. The summed E-state index contributed by atoms with van der Waals surface area (Å²) in [5, 5.41) is 11.0. The van der Waals surface area contributed by atoms with E-state index in [0.29, 0.717) is 11.6 Å². The third-order valence-corrected chi connectivity index (χ3v) is 2.94. The average Bonchev–Trinajstić information content (AvgIpc) is 2.74. The zero-order valence-electron chi connectivity index (χ0n) is 8.98. The second kappa shape index (κ2) is 4.55. The van der Waals surface area contributed by atoms with Gasteiger partial charge in [-0.3, -0.25) is 5.10 Å². The fourth-order valence-corrected chi connectivity index (χ4v) is 2.11. The van der Waals surface area contributed by atoms with Crippen molar-refractivity contribution in [2.45, 2.75) is 0 Å². The maximum atomic E-state index is 5.90. The maximum absolute atomic E-state index is 5.90. The summed E-state index contributed by atoms with van der Waals surface area (Å²) >= 11 is 9.19. The summed E-state index contributed by atoms with van der Waals surface area (Å²) in [7, 11) is 0. The lowest BCUT2D eigenvalue weighted by Crippen LogP contribution is -1.97. The van der Waals surface area contributed by atoms with Crippen LogP contribution in [-0.2, 0) is 0 Å². The number of H-pyrrole nitrogens is 1. The van der Waals surface area contributed by atoms with E-state index in [1.807, 2.05) is 30.3 Å². The Hall–Kier alpha value is -1.66. The van der Waals surface area contributed by atoms with Gasteiger partial charge in [-0.1, -0.05) is 12.1 Å². The monoisotopic (exact) mass is 323 g/mol. The molecule has 0 amide bonds. The van der Waals surface area contributed by atoms with Gasteiger partial charge in [-0.25, -0.2) is 4.98 Å². The molecule has 0 atom stereocenters. The number of halogens is 2. The zero-order chi connectivity index (χ0) is 12.5. The van der Waals surface area contributed by atoms with E-state index < -0.39 is 0 Å². The maximum Gasteiger partial charge on any atom is 0.224 e. The first-order valence-corrected chi connectivity index (χ1v) is 6.30. The smallest absolute Gasteiger partial charge is 0.224 e. The summed E-state index contributed by atoms with van der Waals surface area (Å²) in [6, 6.07) is 9.45. The summed E-state index contributed by atoms with van der Waals surface area (Å²) in [6.45, 7) is 0. The third kappa shape index (κ3) is 2.16. The van der Waals surface area contributed by atoms with Crippen LogP contribution < -0.4 is 5.32 Å². The number of para-hydroxylation sites is 1. The van der Waals surface area contributed by atoms with Crippen LogP contribution in [0.15, 0.2) is 34.9 Å². The minimum Gasteiger partial charge on any atom is -0.323 e. The standard InChI is InChI=1S/C11H7BrClN5/c12-8-5-9(18-17-8)15-10-6-3-1-2-4-7(6)14-11(13)16-10/h1-5H,(H2,14,15,16,17,18). The van der Waals surface area contributed by atoms with Crippen LogP contribution >= 0.6 is 27.5 Å². The lowest BCUT2D eigenvalue weighted by Gasteiger charge is -2.06. The second-order valence-electron chi connectivity index (χ2n) is 3.58. The van der Waals surface area contributed by atoms with Crippen LogP contribution in [0, 0.1) is 0 Å². The molecule has 0 saturated carbocycles. The van der Waals surface area contributed by atoms with E-state index in [-0.39, 0.29) is 5.28 Å². The highest BCUT2D eigenvalue weighted by Crippen LogP contribution is 2.24. The summed E-state index contributed by atoms with van der Waals surface area (Å²) in [5.41, 5.74) is 0.787. The molecular formula is C11H7BrClN5. The largest absolute Gasteiger partial charge is 0.323 e. The molecule has 3 aromatic rings. The SMILES string of the molecule is Clc1nc(Nc2cc(Br)[nH]n2)c2ccccc2n1. The van der Waals surface area contributed by atoms with Crippen molar-refractivity contribution in [3.63, 3.8) is 0 Å². The molecular weight excluding hydrogens is 318 g/mol. The highest BCUT2D eigenvalue weighted by atomic mass is 79.9. The van der Waals surface area contributed by atoms with Crippen LogP contribution in [0.4, 0.5) is 11.6 Å². The van der Waals surface area contributed by atoms with Crippen LogP contribution in [0.25, 0.3) is 10.9 Å². The lowest BCUT2D eigenvalue weighted by molar-refractivity contribution is 1.07. The molecule has 0 aliphatic rings. The van der Waals surface area contributed by atoms with Crippen molar-refractivity contribution in [2.24, 2.45) is 0 Å². The fraction of sp³-hybridized carbons (Fsp3) is 0. The van der Waals surface area contributed by atoms with Crippen LogP contribution in [0.3, 0.4) is 0 Å². The van der Waals surface area contributed by atoms with Gasteiger partial charge in [0.25, 0.3) is 0 Å². The van der Waals surface area contributed by atoms with Crippen molar-refractivity contribution < 1.29 is 0 Å². The van der Waals surface area contributed by atoms with Gasteiger partial charge in [0.15, 0.2) is 5.82 Å². The summed E-state index contributed by atoms with van der Waals surface area (Å²) in [4.78, 5) is 8.34. The minimum absolute atomic E-state index is 0.200. The van der Waals surface area contributed by atoms with Crippen LogP contribution in [0.5, 0.6) is 0 Å². The van der Waals surface area contributed by atoms with Crippen molar-refractivity contribution in [1.82, 2.24) is 20.2 Å². The Labute approximate surface area is 116 Å². The van der Waals surface area contributed by atoms with E-state index in [9.17, 15) is 0 Å². The number of aromatic amines is 1. The van der Waals surface area contributed by atoms with E-state index in [0.717, 1.165) is 15.5 Å². The molecule has 1 aromatic carbocycles. The van der Waals surface area contributed by atoms with Gasteiger partial charge in [0.05, 0.1) is 5.52 Å². The van der Waals surface area contributed by atoms with E-state index in [4.69, 9.17) is 11.6 Å². The van der Waals surface area contributed by atoms with Crippen molar-refractivity contribution in [1.29, 1.82) is 0 Å². The second-order valence-corrected chi connectivity index (χ2v) is 4.78. The van der Waals surface area contributed by atoms with E-state index in [2.05, 4.69) is 41.4 Å². The van der Waals surface area contributed by atoms with Crippen molar-refractivity contribution in [3.8, 4) is 0 Å². The first-order chi connectivity index (χ1) is 8.72. The molecule has 0 aliphatic carbocycles. The molecule has 7 heteroatoms. The molecule has 3 rings (SSSR count). The number of nitrogens with one attached hydrogen (secondary N) is 2. The summed E-state index contributed by atoms with van der Waals surface area (Å²) in [5.74, 6) is 1.28. The van der Waals surface area contributed by atoms with Crippen molar-refractivity contribution >= 4 is 50.1 Å². The number of hydrogen-bond donors (Lipinski definition) is 2. The first-order valence-electron chi connectivity index (χ1n) is 5.12. The van der Waals surface area contributed by atoms with Crippen LogP contribution in [-0.4, -0.2) is 20.2 Å². The molecule has 0 saturated heterocycles. The average molecular weight is 325 g/mol. The highest BCUT2D eigenvalue weighted by molar-refractivity contribution is 9.10. The van der Waals surface area contributed by atoms with Crippen molar-refractivity contribution in [2.75, 3.05) is 5.32 Å². The van der Waals surface area contributed by atoms with Gasteiger partial charge in [0.2, 0.25) is 5.28 Å².